The number of ether oxygens (including phenoxy) is 1. The third-order valence-corrected chi connectivity index (χ3v) is 6.48. The van der Waals surface area contributed by atoms with Gasteiger partial charge in [-0.15, -0.1) is 0 Å². The summed E-state index contributed by atoms with van der Waals surface area (Å²) in [6, 6.07) is 6.82. The summed E-state index contributed by atoms with van der Waals surface area (Å²) >= 11 is 0. The van der Waals surface area contributed by atoms with Crippen LogP contribution in [-0.2, 0) is 19.1 Å². The minimum absolute atomic E-state index is 0.110. The summed E-state index contributed by atoms with van der Waals surface area (Å²) in [7, 11) is 1.59. The number of amides is 2. The largest absolute Gasteiger partial charge is 0.385 e. The van der Waals surface area contributed by atoms with Gasteiger partial charge in [-0.2, -0.15) is 0 Å². The van der Waals surface area contributed by atoms with E-state index in [2.05, 4.69) is 4.98 Å². The van der Waals surface area contributed by atoms with Crippen LogP contribution >= 0.6 is 0 Å². The van der Waals surface area contributed by atoms with Gasteiger partial charge in [0.05, 0.1) is 29.1 Å². The molecular weight excluding hydrogens is 382 g/mol. The summed E-state index contributed by atoms with van der Waals surface area (Å²) in [5.74, 6) is -1.78. The highest BCUT2D eigenvalue weighted by Gasteiger charge is 2.63. The number of aromatic nitrogens is 1. The third kappa shape index (κ3) is 2.55. The first-order valence-electron chi connectivity index (χ1n) is 10.2. The van der Waals surface area contributed by atoms with Crippen LogP contribution in [0.4, 0.5) is 5.69 Å². The Morgan fingerprint density at radius 1 is 1.17 bits per heavy atom. The number of pyridine rings is 1. The summed E-state index contributed by atoms with van der Waals surface area (Å²) in [5, 5.41) is 0.962. The van der Waals surface area contributed by atoms with E-state index in [1.54, 1.807) is 13.3 Å². The van der Waals surface area contributed by atoms with E-state index in [0.29, 0.717) is 19.6 Å². The first kappa shape index (κ1) is 18.9. The second kappa shape index (κ2) is 7.02. The molecule has 7 heteroatoms. The molecular formula is C23H23N3O4. The fourth-order valence-corrected chi connectivity index (χ4v) is 5.29. The Balaban J connectivity index is 1.62. The summed E-state index contributed by atoms with van der Waals surface area (Å²) in [6.45, 7) is 2.30. The van der Waals surface area contributed by atoms with Gasteiger partial charge in [0.25, 0.3) is 0 Å². The molecule has 4 heterocycles. The van der Waals surface area contributed by atoms with E-state index >= 15 is 0 Å². The predicted molar refractivity (Wildman–Crippen MR) is 112 cm³/mol. The van der Waals surface area contributed by atoms with Crippen molar-refractivity contribution in [1.82, 2.24) is 9.88 Å². The number of imide groups is 1. The number of carbonyl (C=O) groups is 3. The molecule has 154 valence electrons. The van der Waals surface area contributed by atoms with Gasteiger partial charge in [-0.05, 0) is 25.0 Å². The van der Waals surface area contributed by atoms with Crippen LogP contribution in [0.25, 0.3) is 17.0 Å². The first-order chi connectivity index (χ1) is 14.5. The topological polar surface area (TPSA) is 79.8 Å². The molecule has 2 amide bonds. The molecule has 0 radical (unpaired) electrons. The predicted octanol–water partition coefficient (Wildman–Crippen LogP) is 2.05. The van der Waals surface area contributed by atoms with Gasteiger partial charge in [-0.3, -0.25) is 24.3 Å². The highest BCUT2D eigenvalue weighted by atomic mass is 16.5. The van der Waals surface area contributed by atoms with Crippen LogP contribution in [0.3, 0.4) is 0 Å². The normalized spacial score (nSPS) is 26.9. The molecule has 1 aromatic carbocycles. The average Bonchev–Trinajstić information content (AvgIpc) is 3.22. The van der Waals surface area contributed by atoms with Crippen molar-refractivity contribution in [2.75, 3.05) is 25.2 Å². The van der Waals surface area contributed by atoms with E-state index in [9.17, 15) is 14.4 Å². The Hall–Kier alpha value is -3.06. The second-order valence-electron chi connectivity index (χ2n) is 8.12. The second-order valence-corrected chi connectivity index (χ2v) is 8.12. The van der Waals surface area contributed by atoms with Crippen molar-refractivity contribution in [3.05, 3.63) is 42.1 Å². The summed E-state index contributed by atoms with van der Waals surface area (Å²) in [4.78, 5) is 47.2. The zero-order valence-corrected chi connectivity index (χ0v) is 16.9. The lowest BCUT2D eigenvalue weighted by molar-refractivity contribution is -0.141. The van der Waals surface area contributed by atoms with Crippen molar-refractivity contribution >= 4 is 40.3 Å². The lowest BCUT2D eigenvalue weighted by Gasteiger charge is -2.36. The molecule has 3 aliphatic rings. The number of anilines is 1. The molecule has 0 bridgehead atoms. The number of hydrogen-bond donors (Lipinski definition) is 0. The number of benzene rings is 1. The van der Waals surface area contributed by atoms with Crippen molar-refractivity contribution in [3.63, 3.8) is 0 Å². The number of hydrogen-bond acceptors (Lipinski definition) is 6. The average molecular weight is 405 g/mol. The summed E-state index contributed by atoms with van der Waals surface area (Å²) < 4.78 is 5.06. The molecule has 2 saturated heterocycles. The number of likely N-dealkylation sites (tertiary alicyclic amines) is 1. The van der Waals surface area contributed by atoms with Crippen LogP contribution in [0.1, 0.15) is 18.9 Å². The van der Waals surface area contributed by atoms with Crippen molar-refractivity contribution in [2.45, 2.75) is 25.4 Å². The number of Topliss-reactive ketones (excluding diaryl/α,β-unsaturated/α-hetero) is 1. The maximum Gasteiger partial charge on any atom is 0.235 e. The fourth-order valence-electron chi connectivity index (χ4n) is 5.29. The molecule has 0 aliphatic carbocycles. The maximum absolute atomic E-state index is 13.3. The lowest BCUT2D eigenvalue weighted by atomic mass is 9.88. The molecule has 2 aromatic rings. The number of methoxy groups -OCH3 is 1. The Morgan fingerprint density at radius 2 is 1.97 bits per heavy atom. The van der Waals surface area contributed by atoms with E-state index < -0.39 is 17.9 Å². The zero-order chi connectivity index (χ0) is 21.0. The Kier molecular flexibility index (Phi) is 4.43. The molecule has 7 nitrogen and oxygen atoms in total. The molecule has 5 rings (SSSR count). The number of rotatable bonds is 5. The zero-order valence-electron chi connectivity index (χ0n) is 16.9. The van der Waals surface area contributed by atoms with E-state index in [0.717, 1.165) is 22.2 Å². The number of fused-ring (bicyclic) bond motifs is 7. The van der Waals surface area contributed by atoms with Gasteiger partial charge in [0.15, 0.2) is 5.78 Å². The van der Waals surface area contributed by atoms with Crippen LogP contribution in [0, 0.1) is 11.8 Å². The lowest BCUT2D eigenvalue weighted by Crippen LogP contribution is -2.48. The first-order valence-corrected chi connectivity index (χ1v) is 10.2. The smallest absolute Gasteiger partial charge is 0.235 e. The van der Waals surface area contributed by atoms with E-state index in [1.807, 2.05) is 41.3 Å². The van der Waals surface area contributed by atoms with Gasteiger partial charge in [-0.25, -0.2) is 0 Å². The maximum atomic E-state index is 13.3. The van der Waals surface area contributed by atoms with Crippen molar-refractivity contribution in [3.8, 4) is 0 Å². The minimum atomic E-state index is -0.680. The SMILES string of the molecule is COCCCN1C(=O)[C@@H]2[C@H](C1=O)[C@@H](C(C)=O)N1c3c(ccc4cccnc34)C=C[C@H]21. The van der Waals surface area contributed by atoms with Crippen LogP contribution in [0.2, 0.25) is 0 Å². The Labute approximate surface area is 174 Å². The van der Waals surface area contributed by atoms with E-state index in [-0.39, 0.29) is 23.6 Å². The highest BCUT2D eigenvalue weighted by Crippen LogP contribution is 2.49. The summed E-state index contributed by atoms with van der Waals surface area (Å²) in [6.07, 6.45) is 6.25. The van der Waals surface area contributed by atoms with Crippen LogP contribution in [-0.4, -0.2) is 59.8 Å². The van der Waals surface area contributed by atoms with Crippen molar-refractivity contribution in [1.29, 1.82) is 0 Å². The molecule has 0 spiro atoms. The number of carbonyl (C=O) groups excluding carboxylic acids is 3. The molecule has 0 unspecified atom stereocenters. The van der Waals surface area contributed by atoms with Crippen LogP contribution in [0.15, 0.2) is 36.5 Å². The molecule has 2 fully saturated rings. The quantitative estimate of drug-likeness (QED) is 0.560. The standard InChI is InChI=1S/C23H23N3O4/c1-13(27)20-18-17(22(28)25(23(18)29)11-4-12-30-2)16-9-8-15-7-6-14-5-3-10-24-19(14)21(15)26(16)20/h3,5-10,16-18,20H,4,11-12H2,1-2H3/t16-,17+,18+,20-/m1/s1. The highest BCUT2D eigenvalue weighted by molar-refractivity contribution is 6.12. The molecule has 3 aliphatic heterocycles. The van der Waals surface area contributed by atoms with Gasteiger partial charge in [0, 0.05) is 31.8 Å². The van der Waals surface area contributed by atoms with Crippen molar-refractivity contribution < 1.29 is 19.1 Å². The van der Waals surface area contributed by atoms with Crippen molar-refractivity contribution in [2.24, 2.45) is 11.8 Å². The number of ketones is 1. The van der Waals surface area contributed by atoms with Gasteiger partial charge in [0.2, 0.25) is 11.8 Å². The molecule has 0 saturated carbocycles. The van der Waals surface area contributed by atoms with E-state index in [1.165, 1.54) is 11.8 Å². The summed E-state index contributed by atoms with van der Waals surface area (Å²) in [5.41, 5.74) is 2.56. The Bertz CT molecular complexity index is 1100. The molecule has 1 aromatic heterocycles. The monoisotopic (exact) mass is 405 g/mol. The van der Waals surface area contributed by atoms with Gasteiger partial charge in [-0.1, -0.05) is 30.4 Å². The van der Waals surface area contributed by atoms with Gasteiger partial charge in [0.1, 0.15) is 6.04 Å². The van der Waals surface area contributed by atoms with Gasteiger partial charge >= 0.3 is 0 Å². The molecule has 4 atom stereocenters. The molecule has 0 N–H and O–H groups in total. The Morgan fingerprint density at radius 3 is 2.73 bits per heavy atom. The third-order valence-electron chi connectivity index (χ3n) is 6.48. The van der Waals surface area contributed by atoms with Crippen LogP contribution < -0.4 is 4.90 Å². The van der Waals surface area contributed by atoms with E-state index in [4.69, 9.17) is 4.74 Å². The van der Waals surface area contributed by atoms with Gasteiger partial charge < -0.3 is 9.64 Å². The molecule has 30 heavy (non-hydrogen) atoms. The minimum Gasteiger partial charge on any atom is -0.385 e. The van der Waals surface area contributed by atoms with Crippen LogP contribution in [0.5, 0.6) is 0 Å². The number of nitrogens with zero attached hydrogens (tertiary/aromatic N) is 3. The fraction of sp³-hybridized carbons (Fsp3) is 0.391.